The minimum atomic E-state index is -0.475. The van der Waals surface area contributed by atoms with Crippen molar-refractivity contribution >= 4 is 0 Å². The van der Waals surface area contributed by atoms with E-state index in [0.717, 1.165) is 11.8 Å². The third-order valence-corrected chi connectivity index (χ3v) is 2.57. The first-order valence-corrected chi connectivity index (χ1v) is 5.38. The molecule has 1 aliphatic rings. The fourth-order valence-electron chi connectivity index (χ4n) is 1.75. The van der Waals surface area contributed by atoms with Crippen LogP contribution >= 0.6 is 0 Å². The van der Waals surface area contributed by atoms with Gasteiger partial charge in [0.2, 0.25) is 0 Å². The Bertz CT molecular complexity index is 517. The Labute approximate surface area is 104 Å². The van der Waals surface area contributed by atoms with Gasteiger partial charge in [-0.05, 0) is 11.6 Å². The molecule has 92 valence electrons. The second kappa shape index (κ2) is 5.14. The van der Waals surface area contributed by atoms with Crippen molar-refractivity contribution in [2.75, 3.05) is 13.1 Å². The van der Waals surface area contributed by atoms with Crippen LogP contribution in [0.2, 0.25) is 0 Å². The Hall–Kier alpha value is -2.62. The summed E-state index contributed by atoms with van der Waals surface area (Å²) in [5.74, 6) is 0.504. The van der Waals surface area contributed by atoms with Gasteiger partial charge in [0.15, 0.2) is 5.82 Å². The number of aromatic nitrogens is 1. The molecule has 0 atom stereocenters. The molecule has 7 heteroatoms. The van der Waals surface area contributed by atoms with Crippen LogP contribution in [0.4, 0.5) is 0 Å². The van der Waals surface area contributed by atoms with Gasteiger partial charge in [0.05, 0.1) is 4.92 Å². The monoisotopic (exact) mass is 245 g/mol. The lowest BCUT2D eigenvalue weighted by molar-refractivity contribution is -0.404. The molecule has 1 saturated heterocycles. The molecular weight excluding hydrogens is 234 g/mol. The second-order valence-corrected chi connectivity index (χ2v) is 3.81. The molecule has 0 aromatic carbocycles. The fraction of sp³-hybridized carbons (Fsp3) is 0.273. The molecule has 18 heavy (non-hydrogen) atoms. The van der Waals surface area contributed by atoms with Crippen LogP contribution in [0.15, 0.2) is 30.4 Å². The Morgan fingerprint density at radius 3 is 3.11 bits per heavy atom. The number of nitrogens with zero attached hydrogens (tertiary/aromatic N) is 4. The summed E-state index contributed by atoms with van der Waals surface area (Å²) in [7, 11) is 0. The van der Waals surface area contributed by atoms with Gasteiger partial charge in [-0.15, -0.1) is 0 Å². The van der Waals surface area contributed by atoms with Crippen LogP contribution in [0.5, 0.6) is 0 Å². The molecule has 1 N–H and O–H groups in total. The fourth-order valence-corrected chi connectivity index (χ4v) is 1.75. The van der Waals surface area contributed by atoms with Gasteiger partial charge in [0, 0.05) is 25.8 Å². The zero-order valence-electron chi connectivity index (χ0n) is 9.54. The van der Waals surface area contributed by atoms with Gasteiger partial charge in [-0.1, -0.05) is 6.07 Å². The molecule has 1 aromatic heterocycles. The standard InChI is InChI=1S/C11H11N5O2/c12-5-10-2-1-9(6-14-10)7-15-4-3-13-11(15)8-16(17)18/h1-2,6,8,13H,3-4,7H2/b11-8+. The minimum absolute atomic E-state index is 0.361. The van der Waals surface area contributed by atoms with Crippen molar-refractivity contribution in [2.24, 2.45) is 0 Å². The lowest BCUT2D eigenvalue weighted by atomic mass is 10.2. The highest BCUT2D eigenvalue weighted by Gasteiger charge is 2.19. The summed E-state index contributed by atoms with van der Waals surface area (Å²) in [4.78, 5) is 15.8. The predicted octanol–water partition coefficient (Wildman–Crippen LogP) is 0.434. The number of nitro groups is 1. The van der Waals surface area contributed by atoms with Crippen LogP contribution in [-0.2, 0) is 6.54 Å². The van der Waals surface area contributed by atoms with Crippen LogP contribution in [-0.4, -0.2) is 27.9 Å². The highest BCUT2D eigenvalue weighted by atomic mass is 16.6. The quantitative estimate of drug-likeness (QED) is 0.613. The molecule has 0 aliphatic carbocycles. The number of hydrogen-bond donors (Lipinski definition) is 1. The molecule has 1 aliphatic heterocycles. The van der Waals surface area contributed by atoms with Crippen molar-refractivity contribution in [3.05, 3.63) is 51.7 Å². The van der Waals surface area contributed by atoms with Gasteiger partial charge >= 0.3 is 0 Å². The van der Waals surface area contributed by atoms with E-state index in [1.54, 1.807) is 18.3 Å². The topological polar surface area (TPSA) is 95.1 Å². The smallest absolute Gasteiger partial charge is 0.274 e. The minimum Gasteiger partial charge on any atom is -0.365 e. The number of pyridine rings is 1. The Balaban J connectivity index is 2.08. The largest absolute Gasteiger partial charge is 0.365 e. The molecule has 0 amide bonds. The number of nitrogens with one attached hydrogen (secondary N) is 1. The van der Waals surface area contributed by atoms with Crippen molar-refractivity contribution in [3.8, 4) is 6.07 Å². The van der Waals surface area contributed by atoms with Crippen LogP contribution in [0.3, 0.4) is 0 Å². The summed E-state index contributed by atoms with van der Waals surface area (Å²) >= 11 is 0. The maximum absolute atomic E-state index is 10.5. The van der Waals surface area contributed by atoms with Gasteiger partial charge in [0.1, 0.15) is 11.8 Å². The van der Waals surface area contributed by atoms with Crippen molar-refractivity contribution in [2.45, 2.75) is 6.54 Å². The van der Waals surface area contributed by atoms with Crippen molar-refractivity contribution in [1.29, 1.82) is 5.26 Å². The molecular formula is C11H11N5O2. The van der Waals surface area contributed by atoms with Gasteiger partial charge in [-0.3, -0.25) is 10.1 Å². The first kappa shape index (κ1) is 11.9. The Morgan fingerprint density at radius 2 is 2.50 bits per heavy atom. The van der Waals surface area contributed by atoms with Crippen molar-refractivity contribution in [3.63, 3.8) is 0 Å². The summed E-state index contributed by atoms with van der Waals surface area (Å²) in [5, 5.41) is 22.0. The van der Waals surface area contributed by atoms with Crippen LogP contribution in [0.1, 0.15) is 11.3 Å². The van der Waals surface area contributed by atoms with E-state index in [0.29, 0.717) is 31.1 Å². The summed E-state index contributed by atoms with van der Waals surface area (Å²) in [5.41, 5.74) is 1.27. The average molecular weight is 245 g/mol. The maximum Gasteiger partial charge on any atom is 0.274 e. The number of hydrogen-bond acceptors (Lipinski definition) is 6. The molecule has 2 heterocycles. The molecule has 0 unspecified atom stereocenters. The third-order valence-electron chi connectivity index (χ3n) is 2.57. The normalized spacial score (nSPS) is 16.4. The Morgan fingerprint density at radius 1 is 1.67 bits per heavy atom. The zero-order valence-corrected chi connectivity index (χ0v) is 9.54. The average Bonchev–Trinajstić information content (AvgIpc) is 2.77. The number of nitriles is 1. The van der Waals surface area contributed by atoms with Crippen molar-refractivity contribution < 1.29 is 4.92 Å². The second-order valence-electron chi connectivity index (χ2n) is 3.81. The van der Waals surface area contributed by atoms with E-state index in [1.807, 2.05) is 11.0 Å². The van der Waals surface area contributed by atoms with Crippen LogP contribution < -0.4 is 5.32 Å². The van der Waals surface area contributed by atoms with Crippen molar-refractivity contribution in [1.82, 2.24) is 15.2 Å². The third kappa shape index (κ3) is 2.74. The summed E-state index contributed by atoms with van der Waals surface area (Å²) < 4.78 is 0. The predicted molar refractivity (Wildman–Crippen MR) is 62.4 cm³/mol. The van der Waals surface area contributed by atoms with Gasteiger partial charge in [-0.25, -0.2) is 4.98 Å². The van der Waals surface area contributed by atoms with E-state index in [1.165, 1.54) is 0 Å². The van der Waals surface area contributed by atoms with E-state index in [4.69, 9.17) is 5.26 Å². The van der Waals surface area contributed by atoms with Gasteiger partial charge < -0.3 is 10.2 Å². The van der Waals surface area contributed by atoms with E-state index >= 15 is 0 Å². The summed E-state index contributed by atoms with van der Waals surface area (Å²) in [6, 6.07) is 5.38. The van der Waals surface area contributed by atoms with Gasteiger partial charge in [0.25, 0.3) is 6.20 Å². The molecule has 0 spiro atoms. The molecule has 1 aromatic rings. The molecule has 1 fully saturated rings. The molecule has 0 bridgehead atoms. The van der Waals surface area contributed by atoms with Gasteiger partial charge in [-0.2, -0.15) is 5.26 Å². The van der Waals surface area contributed by atoms with E-state index in [-0.39, 0.29) is 0 Å². The first-order chi connectivity index (χ1) is 8.69. The SMILES string of the molecule is N#Cc1ccc(CN2CCN/C2=C\[N+](=O)[O-])cn1. The molecule has 7 nitrogen and oxygen atoms in total. The highest BCUT2D eigenvalue weighted by molar-refractivity contribution is 5.23. The summed E-state index contributed by atoms with van der Waals surface area (Å²) in [6.45, 7) is 1.93. The van der Waals surface area contributed by atoms with Crippen LogP contribution in [0, 0.1) is 21.4 Å². The number of rotatable bonds is 3. The highest BCUT2D eigenvalue weighted by Crippen LogP contribution is 2.12. The lowest BCUT2D eigenvalue weighted by Crippen LogP contribution is -2.20. The van der Waals surface area contributed by atoms with E-state index in [2.05, 4.69) is 10.3 Å². The molecule has 0 radical (unpaired) electrons. The van der Waals surface area contributed by atoms with E-state index in [9.17, 15) is 10.1 Å². The zero-order chi connectivity index (χ0) is 13.0. The molecule has 2 rings (SSSR count). The Kier molecular flexibility index (Phi) is 3.38. The first-order valence-electron chi connectivity index (χ1n) is 5.38. The lowest BCUT2D eigenvalue weighted by Gasteiger charge is -2.16. The van der Waals surface area contributed by atoms with Crippen LogP contribution in [0.25, 0.3) is 0 Å². The summed E-state index contributed by atoms with van der Waals surface area (Å²) in [6.07, 6.45) is 2.57. The maximum atomic E-state index is 10.5. The van der Waals surface area contributed by atoms with E-state index < -0.39 is 4.92 Å². The molecule has 0 saturated carbocycles.